The number of fused-ring (bicyclic) bond motifs is 2. The third-order valence-corrected chi connectivity index (χ3v) is 5.96. The lowest BCUT2D eigenvalue weighted by molar-refractivity contribution is -0.143. The molecule has 1 amide bonds. The van der Waals surface area contributed by atoms with Gasteiger partial charge in [0.25, 0.3) is 0 Å². The van der Waals surface area contributed by atoms with Gasteiger partial charge >= 0.3 is 11.9 Å². The van der Waals surface area contributed by atoms with Crippen molar-refractivity contribution in [1.29, 1.82) is 0 Å². The minimum Gasteiger partial charge on any atom is -0.481 e. The number of carbonyl (C=O) groups is 3. The fourth-order valence-electron chi connectivity index (χ4n) is 4.38. The number of hydrogen-bond donors (Lipinski definition) is 2. The summed E-state index contributed by atoms with van der Waals surface area (Å²) in [5.74, 6) is -2.39. The molecule has 1 aliphatic heterocycles. The van der Waals surface area contributed by atoms with Crippen molar-refractivity contribution in [3.8, 4) is 0 Å². The van der Waals surface area contributed by atoms with E-state index in [1.165, 1.54) is 0 Å². The highest BCUT2D eigenvalue weighted by Gasteiger charge is 2.50. The molecule has 1 aliphatic carbocycles. The van der Waals surface area contributed by atoms with Crippen molar-refractivity contribution in [1.82, 2.24) is 4.90 Å². The van der Waals surface area contributed by atoms with Gasteiger partial charge in [-0.2, -0.15) is 0 Å². The summed E-state index contributed by atoms with van der Waals surface area (Å²) in [5, 5.41) is 16.7. The standard InChI is InChI=1S/C16H25NO5S/c1-15(2)5-10-6-16(3,8-15)9-17(10)12(18)7-23-11(14(21)22)4-13(19)20/h10-11H,4-9H2,1-3H3,(H,19,20)(H,21,22)/t10-,11+,16-/m1/s1. The van der Waals surface area contributed by atoms with Crippen molar-refractivity contribution in [3.63, 3.8) is 0 Å². The first-order valence-corrected chi connectivity index (χ1v) is 8.92. The van der Waals surface area contributed by atoms with Gasteiger partial charge in [0.1, 0.15) is 5.25 Å². The number of nitrogens with zero attached hydrogens (tertiary/aromatic N) is 1. The molecule has 130 valence electrons. The average Bonchev–Trinajstić information content (AvgIpc) is 2.62. The molecule has 2 bridgehead atoms. The van der Waals surface area contributed by atoms with Gasteiger partial charge in [-0.15, -0.1) is 11.8 Å². The number of hydrogen-bond acceptors (Lipinski definition) is 4. The van der Waals surface area contributed by atoms with Crippen LogP contribution in [-0.4, -0.2) is 56.5 Å². The number of likely N-dealkylation sites (tertiary alicyclic amines) is 1. The number of thioether (sulfide) groups is 1. The minimum atomic E-state index is -1.18. The highest BCUT2D eigenvalue weighted by atomic mass is 32.2. The van der Waals surface area contributed by atoms with Gasteiger partial charge in [0, 0.05) is 12.6 Å². The van der Waals surface area contributed by atoms with Crippen molar-refractivity contribution in [2.24, 2.45) is 10.8 Å². The number of carboxylic acids is 2. The topological polar surface area (TPSA) is 94.9 Å². The normalized spacial score (nSPS) is 30.0. The van der Waals surface area contributed by atoms with Crippen LogP contribution in [0.25, 0.3) is 0 Å². The van der Waals surface area contributed by atoms with Crippen molar-refractivity contribution in [3.05, 3.63) is 0 Å². The molecular weight excluding hydrogens is 318 g/mol. The van der Waals surface area contributed by atoms with Crippen LogP contribution in [0.1, 0.15) is 46.5 Å². The molecule has 2 aliphatic rings. The van der Waals surface area contributed by atoms with Gasteiger partial charge in [-0.05, 0) is 30.1 Å². The second-order valence-electron chi connectivity index (χ2n) is 7.97. The summed E-state index contributed by atoms with van der Waals surface area (Å²) in [6.07, 6.45) is 2.59. The van der Waals surface area contributed by atoms with Gasteiger partial charge in [-0.3, -0.25) is 14.4 Å². The highest BCUT2D eigenvalue weighted by molar-refractivity contribution is 8.01. The molecule has 0 radical (unpaired) electrons. The Kier molecular flexibility index (Phi) is 4.99. The summed E-state index contributed by atoms with van der Waals surface area (Å²) in [4.78, 5) is 36.2. The van der Waals surface area contributed by atoms with E-state index in [1.807, 2.05) is 4.90 Å². The number of carbonyl (C=O) groups excluding carboxylic acids is 1. The second-order valence-corrected chi connectivity index (χ2v) is 9.16. The van der Waals surface area contributed by atoms with Gasteiger partial charge in [0.2, 0.25) is 5.91 Å². The highest BCUT2D eigenvalue weighted by Crippen LogP contribution is 2.52. The smallest absolute Gasteiger partial charge is 0.317 e. The number of carboxylic acid groups (broad SMARTS) is 2. The zero-order chi connectivity index (χ0) is 17.4. The molecule has 23 heavy (non-hydrogen) atoms. The van der Waals surface area contributed by atoms with Crippen molar-refractivity contribution in [2.45, 2.75) is 57.7 Å². The summed E-state index contributed by atoms with van der Waals surface area (Å²) < 4.78 is 0. The Labute approximate surface area is 140 Å². The van der Waals surface area contributed by atoms with Crippen LogP contribution >= 0.6 is 11.8 Å². The summed E-state index contributed by atoms with van der Waals surface area (Å²) in [6.45, 7) is 7.39. The first-order valence-electron chi connectivity index (χ1n) is 7.87. The molecule has 1 saturated carbocycles. The van der Waals surface area contributed by atoms with Crippen LogP contribution in [-0.2, 0) is 14.4 Å². The van der Waals surface area contributed by atoms with Crippen molar-refractivity contribution >= 4 is 29.6 Å². The van der Waals surface area contributed by atoms with Gasteiger partial charge in [-0.25, -0.2) is 0 Å². The zero-order valence-electron chi connectivity index (χ0n) is 13.9. The van der Waals surface area contributed by atoms with E-state index in [-0.39, 0.29) is 28.5 Å². The van der Waals surface area contributed by atoms with E-state index in [1.54, 1.807) is 0 Å². The number of rotatable bonds is 6. The van der Waals surface area contributed by atoms with Crippen LogP contribution in [0.5, 0.6) is 0 Å². The van der Waals surface area contributed by atoms with Crippen LogP contribution in [0, 0.1) is 10.8 Å². The van der Waals surface area contributed by atoms with Crippen molar-refractivity contribution in [2.75, 3.05) is 12.3 Å². The molecule has 3 atom stereocenters. The first-order chi connectivity index (χ1) is 10.5. The van der Waals surface area contributed by atoms with Gasteiger partial charge in [-0.1, -0.05) is 20.8 Å². The molecule has 6 nitrogen and oxygen atoms in total. The molecule has 2 N–H and O–H groups in total. The maximum absolute atomic E-state index is 12.5. The van der Waals surface area contributed by atoms with Crippen molar-refractivity contribution < 1.29 is 24.6 Å². The summed E-state index contributed by atoms with van der Waals surface area (Å²) in [7, 11) is 0. The first kappa shape index (κ1) is 18.1. The van der Waals surface area contributed by atoms with Crippen LogP contribution < -0.4 is 0 Å². The Morgan fingerprint density at radius 2 is 1.87 bits per heavy atom. The number of aliphatic carboxylic acids is 2. The maximum Gasteiger partial charge on any atom is 0.317 e. The van der Waals surface area contributed by atoms with E-state index in [2.05, 4.69) is 20.8 Å². The molecule has 0 spiro atoms. The van der Waals surface area contributed by atoms with Gasteiger partial charge < -0.3 is 15.1 Å². The monoisotopic (exact) mass is 343 g/mol. The molecule has 1 saturated heterocycles. The Morgan fingerprint density at radius 1 is 1.22 bits per heavy atom. The lowest BCUT2D eigenvalue weighted by atomic mass is 9.65. The molecule has 2 fully saturated rings. The average molecular weight is 343 g/mol. The van der Waals surface area contributed by atoms with Crippen LogP contribution in [0.15, 0.2) is 0 Å². The largest absolute Gasteiger partial charge is 0.481 e. The summed E-state index contributed by atoms with van der Waals surface area (Å²) in [6, 6.07) is 0.222. The fraction of sp³-hybridized carbons (Fsp3) is 0.812. The maximum atomic E-state index is 12.5. The molecule has 0 unspecified atom stereocenters. The van der Waals surface area contributed by atoms with E-state index in [9.17, 15) is 14.4 Å². The van der Waals surface area contributed by atoms with Gasteiger partial charge in [0.05, 0.1) is 12.2 Å². The molecule has 0 aromatic rings. The third kappa shape index (κ3) is 4.40. The van der Waals surface area contributed by atoms with E-state index >= 15 is 0 Å². The minimum absolute atomic E-state index is 0.0251. The predicted molar refractivity (Wildman–Crippen MR) is 87.4 cm³/mol. The Bertz CT molecular complexity index is 521. The second kappa shape index (κ2) is 6.34. The SMILES string of the molecule is CC1(C)C[C@@H]2C[C@@](C)(CN2C(=O)CS[C@@H](CC(=O)O)C(=O)O)C1. The van der Waals surface area contributed by atoms with Crippen LogP contribution in [0.2, 0.25) is 0 Å². The Morgan fingerprint density at radius 3 is 2.43 bits per heavy atom. The van der Waals surface area contributed by atoms with E-state index in [4.69, 9.17) is 10.2 Å². The van der Waals surface area contributed by atoms with Gasteiger partial charge in [0.15, 0.2) is 0 Å². The lowest BCUT2D eigenvalue weighted by Gasteiger charge is -2.39. The van der Waals surface area contributed by atoms with E-state index in [0.29, 0.717) is 0 Å². The quantitative estimate of drug-likeness (QED) is 0.767. The van der Waals surface area contributed by atoms with E-state index in [0.717, 1.165) is 37.6 Å². The van der Waals surface area contributed by atoms with E-state index < -0.39 is 23.6 Å². The molecular formula is C16H25NO5S. The number of amides is 1. The molecule has 2 rings (SSSR count). The fourth-order valence-corrected chi connectivity index (χ4v) is 5.30. The van der Waals surface area contributed by atoms with Crippen LogP contribution in [0.3, 0.4) is 0 Å². The summed E-state index contributed by atoms with van der Waals surface area (Å²) in [5.41, 5.74) is 0.354. The molecule has 0 aromatic carbocycles. The molecule has 1 heterocycles. The third-order valence-electron chi connectivity index (χ3n) is 4.78. The Balaban J connectivity index is 1.96. The molecule has 0 aromatic heterocycles. The summed E-state index contributed by atoms with van der Waals surface area (Å²) >= 11 is 0.914. The lowest BCUT2D eigenvalue weighted by Crippen LogP contribution is -2.39. The van der Waals surface area contributed by atoms with Crippen LogP contribution in [0.4, 0.5) is 0 Å². The zero-order valence-corrected chi connectivity index (χ0v) is 14.7. The predicted octanol–water partition coefficient (Wildman–Crippen LogP) is 2.07. The molecule has 7 heteroatoms. The Hall–Kier alpha value is -1.24.